The molecule has 0 spiro atoms. The molecule has 3 rings (SSSR count). The lowest BCUT2D eigenvalue weighted by Crippen LogP contribution is -2.43. The smallest absolute Gasteiger partial charge is 0.243 e. The number of amides is 1. The number of ether oxygens (including phenoxy) is 1. The molecule has 1 amide bonds. The van der Waals surface area contributed by atoms with Crippen LogP contribution in [0.4, 0.5) is 0 Å². The predicted molar refractivity (Wildman–Crippen MR) is 112 cm³/mol. The zero-order valence-electron chi connectivity index (χ0n) is 16.5. The fraction of sp³-hybridized carbons (Fsp3) is 0.381. The molecule has 0 aliphatic carbocycles. The van der Waals surface area contributed by atoms with E-state index in [2.05, 4.69) is 0 Å². The van der Waals surface area contributed by atoms with Crippen molar-refractivity contribution in [1.29, 1.82) is 0 Å². The number of rotatable bonds is 6. The molecule has 0 atom stereocenters. The normalized spacial score (nSPS) is 15.8. The van der Waals surface area contributed by atoms with Crippen molar-refractivity contribution in [2.75, 3.05) is 27.2 Å². The fourth-order valence-electron chi connectivity index (χ4n) is 3.58. The summed E-state index contributed by atoms with van der Waals surface area (Å²) in [5.74, 6) is 0.585. The molecule has 0 saturated carbocycles. The number of para-hydroxylation sites is 1. The SMILES string of the molecule is COc1ccccc1CN(C)C(=O)C1CCN(S(=O)(=O)c2ccc(Cl)cc2)CC1. The van der Waals surface area contributed by atoms with Crippen molar-refractivity contribution in [3.8, 4) is 5.75 Å². The van der Waals surface area contributed by atoms with Crippen molar-refractivity contribution >= 4 is 27.5 Å². The maximum Gasteiger partial charge on any atom is 0.243 e. The molecule has 1 aliphatic rings. The Morgan fingerprint density at radius 1 is 1.14 bits per heavy atom. The molecule has 8 heteroatoms. The van der Waals surface area contributed by atoms with Crippen molar-refractivity contribution in [2.24, 2.45) is 5.92 Å². The van der Waals surface area contributed by atoms with Crippen molar-refractivity contribution in [2.45, 2.75) is 24.3 Å². The van der Waals surface area contributed by atoms with Gasteiger partial charge in [-0.3, -0.25) is 4.79 Å². The number of benzene rings is 2. The molecule has 0 radical (unpaired) electrons. The summed E-state index contributed by atoms with van der Waals surface area (Å²) in [6, 6.07) is 13.8. The summed E-state index contributed by atoms with van der Waals surface area (Å²) in [4.78, 5) is 14.8. The number of nitrogens with zero attached hydrogens (tertiary/aromatic N) is 2. The highest BCUT2D eigenvalue weighted by Gasteiger charge is 2.33. The van der Waals surface area contributed by atoms with Gasteiger partial charge in [0.1, 0.15) is 5.75 Å². The highest BCUT2D eigenvalue weighted by atomic mass is 35.5. The summed E-state index contributed by atoms with van der Waals surface area (Å²) in [6.45, 7) is 1.10. The van der Waals surface area contributed by atoms with Gasteiger partial charge >= 0.3 is 0 Å². The Morgan fingerprint density at radius 3 is 2.38 bits per heavy atom. The monoisotopic (exact) mass is 436 g/mol. The van der Waals surface area contributed by atoms with E-state index in [1.807, 2.05) is 24.3 Å². The van der Waals surface area contributed by atoms with E-state index in [-0.39, 0.29) is 16.7 Å². The van der Waals surface area contributed by atoms with Gasteiger partial charge in [-0.15, -0.1) is 0 Å². The van der Waals surface area contributed by atoms with Gasteiger partial charge in [-0.05, 0) is 43.2 Å². The summed E-state index contributed by atoms with van der Waals surface area (Å²) < 4.78 is 32.4. The first-order valence-electron chi connectivity index (χ1n) is 9.45. The Bertz CT molecular complexity index is 955. The molecular weight excluding hydrogens is 412 g/mol. The average molecular weight is 437 g/mol. The van der Waals surface area contributed by atoms with E-state index in [1.165, 1.54) is 16.4 Å². The van der Waals surface area contributed by atoms with Crippen molar-refractivity contribution in [3.05, 3.63) is 59.1 Å². The minimum atomic E-state index is -3.57. The topological polar surface area (TPSA) is 66.9 Å². The lowest BCUT2D eigenvalue weighted by atomic mass is 9.96. The first-order chi connectivity index (χ1) is 13.8. The Hall–Kier alpha value is -2.09. The van der Waals surface area contributed by atoms with Gasteiger partial charge in [-0.2, -0.15) is 4.31 Å². The molecule has 0 bridgehead atoms. The molecule has 0 aromatic heterocycles. The number of carbonyl (C=O) groups excluding carboxylic acids is 1. The van der Waals surface area contributed by atoms with E-state index in [1.54, 1.807) is 31.2 Å². The minimum Gasteiger partial charge on any atom is -0.496 e. The third-order valence-corrected chi connectivity index (χ3v) is 7.40. The quantitative estimate of drug-likeness (QED) is 0.696. The van der Waals surface area contributed by atoms with Crippen LogP contribution in [-0.4, -0.2) is 50.8 Å². The third kappa shape index (κ3) is 4.91. The van der Waals surface area contributed by atoms with Crippen LogP contribution in [0.2, 0.25) is 5.02 Å². The Balaban J connectivity index is 1.61. The van der Waals surface area contributed by atoms with Crippen LogP contribution < -0.4 is 4.74 Å². The molecule has 0 N–H and O–H groups in total. The number of halogens is 1. The fourth-order valence-corrected chi connectivity index (χ4v) is 5.17. The van der Waals surface area contributed by atoms with Crippen molar-refractivity contribution in [1.82, 2.24) is 9.21 Å². The zero-order valence-corrected chi connectivity index (χ0v) is 18.1. The minimum absolute atomic E-state index is 0.0273. The lowest BCUT2D eigenvalue weighted by Gasteiger charge is -2.32. The number of sulfonamides is 1. The van der Waals surface area contributed by atoms with Crippen LogP contribution in [0.25, 0.3) is 0 Å². The molecule has 1 heterocycles. The van der Waals surface area contributed by atoms with Gasteiger partial charge in [0, 0.05) is 43.2 Å². The van der Waals surface area contributed by atoms with Crippen LogP contribution in [0, 0.1) is 5.92 Å². The summed E-state index contributed by atoms with van der Waals surface area (Å²) in [7, 11) is -0.194. The molecule has 1 aliphatic heterocycles. The standard InChI is InChI=1S/C21H25ClN2O4S/c1-23(15-17-5-3-4-6-20(17)28-2)21(25)16-11-13-24(14-12-16)29(26,27)19-9-7-18(22)8-10-19/h3-10,16H,11-15H2,1-2H3. The van der Waals surface area contributed by atoms with Crippen LogP contribution >= 0.6 is 11.6 Å². The highest BCUT2D eigenvalue weighted by molar-refractivity contribution is 7.89. The average Bonchev–Trinajstić information content (AvgIpc) is 2.74. The van der Waals surface area contributed by atoms with Gasteiger partial charge in [0.15, 0.2) is 0 Å². The largest absolute Gasteiger partial charge is 0.496 e. The lowest BCUT2D eigenvalue weighted by molar-refractivity contribution is -0.135. The Kier molecular flexibility index (Phi) is 6.82. The van der Waals surface area contributed by atoms with Crippen LogP contribution in [-0.2, 0) is 21.4 Å². The zero-order chi connectivity index (χ0) is 21.0. The molecule has 29 heavy (non-hydrogen) atoms. The second-order valence-corrected chi connectivity index (χ2v) is 9.51. The van der Waals surface area contributed by atoms with E-state index in [9.17, 15) is 13.2 Å². The Morgan fingerprint density at radius 2 is 1.76 bits per heavy atom. The molecule has 2 aromatic rings. The molecular formula is C21H25ClN2O4S. The van der Waals surface area contributed by atoms with E-state index in [4.69, 9.17) is 16.3 Å². The van der Waals surface area contributed by atoms with E-state index in [0.717, 1.165) is 11.3 Å². The van der Waals surface area contributed by atoms with Gasteiger partial charge in [0.2, 0.25) is 15.9 Å². The summed E-state index contributed by atoms with van der Waals surface area (Å²) in [6.07, 6.45) is 1.00. The molecule has 1 fully saturated rings. The number of methoxy groups -OCH3 is 1. The van der Waals surface area contributed by atoms with Gasteiger partial charge in [-0.25, -0.2) is 8.42 Å². The predicted octanol–water partition coefficient (Wildman–Crippen LogP) is 3.41. The molecule has 156 valence electrons. The van der Waals surface area contributed by atoms with Gasteiger partial charge in [-0.1, -0.05) is 29.8 Å². The highest BCUT2D eigenvalue weighted by Crippen LogP contribution is 2.27. The number of hydrogen-bond acceptors (Lipinski definition) is 4. The second-order valence-electron chi connectivity index (χ2n) is 7.14. The maximum atomic E-state index is 12.9. The van der Waals surface area contributed by atoms with Crippen LogP contribution in [0.15, 0.2) is 53.4 Å². The number of carbonyl (C=O) groups is 1. The first kappa shape index (κ1) is 21.6. The van der Waals surface area contributed by atoms with E-state index in [0.29, 0.717) is 37.5 Å². The molecule has 6 nitrogen and oxygen atoms in total. The Labute approximate surface area is 177 Å². The van der Waals surface area contributed by atoms with Crippen LogP contribution in [0.5, 0.6) is 5.75 Å². The molecule has 0 unspecified atom stereocenters. The second kappa shape index (κ2) is 9.15. The van der Waals surface area contributed by atoms with Gasteiger partial charge in [0.25, 0.3) is 0 Å². The van der Waals surface area contributed by atoms with E-state index < -0.39 is 10.0 Å². The molecule has 1 saturated heterocycles. The van der Waals surface area contributed by atoms with Gasteiger partial charge in [0.05, 0.1) is 12.0 Å². The van der Waals surface area contributed by atoms with Crippen molar-refractivity contribution < 1.29 is 17.9 Å². The number of hydrogen-bond donors (Lipinski definition) is 0. The van der Waals surface area contributed by atoms with Gasteiger partial charge < -0.3 is 9.64 Å². The molecule has 2 aromatic carbocycles. The van der Waals surface area contributed by atoms with Crippen LogP contribution in [0.3, 0.4) is 0 Å². The van der Waals surface area contributed by atoms with E-state index >= 15 is 0 Å². The maximum absolute atomic E-state index is 12.9. The third-order valence-electron chi connectivity index (χ3n) is 5.23. The number of piperidine rings is 1. The van der Waals surface area contributed by atoms with Crippen molar-refractivity contribution in [3.63, 3.8) is 0 Å². The summed E-state index contributed by atoms with van der Waals surface area (Å²) in [5, 5.41) is 0.492. The summed E-state index contributed by atoms with van der Waals surface area (Å²) in [5.41, 5.74) is 0.939. The summed E-state index contributed by atoms with van der Waals surface area (Å²) >= 11 is 5.85. The van der Waals surface area contributed by atoms with Crippen LogP contribution in [0.1, 0.15) is 18.4 Å². The first-order valence-corrected chi connectivity index (χ1v) is 11.3.